The molecule has 3 aromatic carbocycles. The summed E-state index contributed by atoms with van der Waals surface area (Å²) >= 11 is 0. The molecule has 1 heterocycles. The number of nitrogens with two attached hydrogens (primary N) is 1. The molecule has 12 nitrogen and oxygen atoms in total. The highest BCUT2D eigenvalue weighted by molar-refractivity contribution is 7.89. The van der Waals surface area contributed by atoms with Crippen molar-refractivity contribution in [1.82, 2.24) is 9.21 Å². The first kappa shape index (κ1) is 38.3. The summed E-state index contributed by atoms with van der Waals surface area (Å²) < 4.78 is 47.7. The summed E-state index contributed by atoms with van der Waals surface area (Å²) in [5, 5.41) is 15.6. The van der Waals surface area contributed by atoms with E-state index in [4.69, 9.17) is 10.5 Å². The number of ether oxygens (including phenoxy) is 1. The van der Waals surface area contributed by atoms with Crippen LogP contribution in [0.15, 0.2) is 71.6 Å². The molecule has 270 valence electrons. The van der Waals surface area contributed by atoms with Crippen LogP contribution in [-0.2, 0) is 30.8 Å². The van der Waals surface area contributed by atoms with E-state index in [1.807, 2.05) is 6.92 Å². The van der Waals surface area contributed by atoms with Crippen molar-refractivity contribution in [2.45, 2.75) is 69.4 Å². The maximum Gasteiger partial charge on any atom is 0.242 e. The van der Waals surface area contributed by atoms with Crippen molar-refractivity contribution >= 4 is 44.8 Å². The number of aliphatic hydroxyl groups excluding tert-OH is 1. The Morgan fingerprint density at radius 1 is 1.04 bits per heavy atom. The Morgan fingerprint density at radius 2 is 1.70 bits per heavy atom. The lowest BCUT2D eigenvalue weighted by Gasteiger charge is -2.33. The minimum absolute atomic E-state index is 0.0662. The van der Waals surface area contributed by atoms with Crippen LogP contribution in [0.5, 0.6) is 5.75 Å². The molecule has 0 radical (unpaired) electrons. The number of nitrogen functional groups attached to an aromatic ring is 1. The number of carbonyl (C=O) groups excluding carboxylic acids is 3. The van der Waals surface area contributed by atoms with Crippen LogP contribution in [0.3, 0.4) is 0 Å². The number of anilines is 3. The first-order chi connectivity index (χ1) is 23.8. The smallest absolute Gasteiger partial charge is 0.242 e. The number of fused-ring (bicyclic) bond motifs is 1. The van der Waals surface area contributed by atoms with E-state index in [0.29, 0.717) is 54.1 Å². The monoisotopic (exact) mass is 711 g/mol. The molecule has 1 aliphatic rings. The normalized spacial score (nSPS) is 17.2. The van der Waals surface area contributed by atoms with Crippen LogP contribution in [0.1, 0.15) is 51.5 Å². The Bertz CT molecular complexity index is 1760. The molecular weight excluding hydrogens is 665 g/mol. The van der Waals surface area contributed by atoms with Gasteiger partial charge in [-0.2, -0.15) is 4.31 Å². The SMILES string of the molecule is C[C@H]1CN([C@@H](C)CO)C(=O)Cc2cc(NC(=O)CCCCCC(=O)Nc3ccccc3N)ccc2O[C@H]1CN(C)S(=O)(=O)c1ccc(F)cc1. The Kier molecular flexibility index (Phi) is 13.3. The number of sulfonamides is 1. The van der Waals surface area contributed by atoms with Gasteiger partial charge in [0.25, 0.3) is 0 Å². The molecule has 5 N–H and O–H groups in total. The van der Waals surface area contributed by atoms with Crippen LogP contribution >= 0.6 is 0 Å². The van der Waals surface area contributed by atoms with E-state index in [2.05, 4.69) is 10.6 Å². The highest BCUT2D eigenvalue weighted by atomic mass is 32.2. The lowest BCUT2D eigenvalue weighted by molar-refractivity contribution is -0.134. The number of para-hydroxylation sites is 2. The molecular formula is C36H46FN5O7S. The van der Waals surface area contributed by atoms with E-state index in [1.165, 1.54) is 19.2 Å². The third kappa shape index (κ3) is 10.2. The molecule has 1 aliphatic heterocycles. The first-order valence-corrected chi connectivity index (χ1v) is 18.1. The zero-order valence-electron chi connectivity index (χ0n) is 28.6. The van der Waals surface area contributed by atoms with Crippen molar-refractivity contribution < 1.29 is 37.0 Å². The fourth-order valence-electron chi connectivity index (χ4n) is 5.66. The van der Waals surface area contributed by atoms with Gasteiger partial charge in [0.05, 0.1) is 41.9 Å². The molecule has 14 heteroatoms. The third-order valence-electron chi connectivity index (χ3n) is 8.70. The lowest BCUT2D eigenvalue weighted by atomic mass is 10.0. The summed E-state index contributed by atoms with van der Waals surface area (Å²) in [6, 6.07) is 16.1. The standard InChI is InChI=1S/C36H46FN5O7S/c1-24-21-42(25(2)23-43)36(46)20-26-19-28(39-34(44)11-5-4-6-12-35(45)40-31-10-8-7-9-30(31)38)15-18-32(26)49-33(24)22-41(3)50(47,48)29-16-13-27(37)14-17-29/h7-10,13-19,24-25,33,43H,4-6,11-12,20-23,38H2,1-3H3,(H,39,44)(H,40,45)/t24-,25-,33-/m0/s1. The molecule has 50 heavy (non-hydrogen) atoms. The van der Waals surface area contributed by atoms with Gasteiger partial charge in [-0.3, -0.25) is 14.4 Å². The Balaban J connectivity index is 1.41. The summed E-state index contributed by atoms with van der Waals surface area (Å²) in [5.41, 5.74) is 7.89. The van der Waals surface area contributed by atoms with E-state index < -0.39 is 28.0 Å². The minimum Gasteiger partial charge on any atom is -0.488 e. The molecule has 0 aromatic heterocycles. The zero-order chi connectivity index (χ0) is 36.4. The van der Waals surface area contributed by atoms with Gasteiger partial charge in [0, 0.05) is 43.6 Å². The number of likely N-dealkylation sites (N-methyl/N-ethyl adjacent to an activating group) is 1. The third-order valence-corrected chi connectivity index (χ3v) is 10.5. The lowest BCUT2D eigenvalue weighted by Crippen LogP contribution is -2.48. The fourth-order valence-corrected chi connectivity index (χ4v) is 6.84. The summed E-state index contributed by atoms with van der Waals surface area (Å²) in [6.07, 6.45) is 1.60. The number of unbranched alkanes of at least 4 members (excludes halogenated alkanes) is 2. The van der Waals surface area contributed by atoms with E-state index >= 15 is 0 Å². The average Bonchev–Trinajstić information content (AvgIpc) is 3.12. The number of amides is 3. The van der Waals surface area contributed by atoms with Crippen molar-refractivity contribution in [2.24, 2.45) is 5.92 Å². The van der Waals surface area contributed by atoms with E-state index in [1.54, 1.807) is 54.3 Å². The molecule has 0 spiro atoms. The van der Waals surface area contributed by atoms with Gasteiger partial charge in [-0.25, -0.2) is 12.8 Å². The number of hydrogen-bond donors (Lipinski definition) is 4. The molecule has 3 atom stereocenters. The fraction of sp³-hybridized carbons (Fsp3) is 0.417. The van der Waals surface area contributed by atoms with Gasteiger partial charge in [-0.1, -0.05) is 25.5 Å². The number of carbonyl (C=O) groups is 3. The van der Waals surface area contributed by atoms with Gasteiger partial charge in [0.1, 0.15) is 17.7 Å². The molecule has 3 aromatic rings. The Hall–Kier alpha value is -4.53. The molecule has 0 aliphatic carbocycles. The van der Waals surface area contributed by atoms with E-state index in [9.17, 15) is 32.3 Å². The summed E-state index contributed by atoms with van der Waals surface area (Å²) in [5.74, 6) is -1.16. The number of hydrogen-bond acceptors (Lipinski definition) is 8. The van der Waals surface area contributed by atoms with Crippen LogP contribution in [0.4, 0.5) is 21.5 Å². The number of benzene rings is 3. The number of aliphatic hydroxyl groups is 1. The highest BCUT2D eigenvalue weighted by Crippen LogP contribution is 2.30. The average molecular weight is 712 g/mol. The number of rotatable bonds is 14. The van der Waals surface area contributed by atoms with Gasteiger partial charge in [0.15, 0.2) is 0 Å². The predicted octanol–water partition coefficient (Wildman–Crippen LogP) is 4.41. The minimum atomic E-state index is -3.99. The second-order valence-corrected chi connectivity index (χ2v) is 14.7. The van der Waals surface area contributed by atoms with E-state index in [-0.39, 0.29) is 61.1 Å². The zero-order valence-corrected chi connectivity index (χ0v) is 29.4. The quantitative estimate of drug-likeness (QED) is 0.141. The second-order valence-electron chi connectivity index (χ2n) is 12.7. The summed E-state index contributed by atoms with van der Waals surface area (Å²) in [6.45, 7) is 3.44. The molecule has 0 saturated carbocycles. The maximum atomic E-state index is 13.5. The van der Waals surface area contributed by atoms with Gasteiger partial charge < -0.3 is 31.1 Å². The van der Waals surface area contributed by atoms with Crippen molar-refractivity contribution in [2.75, 3.05) is 43.1 Å². The molecule has 3 amide bonds. The largest absolute Gasteiger partial charge is 0.488 e. The predicted molar refractivity (Wildman–Crippen MR) is 189 cm³/mol. The maximum absolute atomic E-state index is 13.5. The van der Waals surface area contributed by atoms with Crippen LogP contribution in [0, 0.1) is 11.7 Å². The summed E-state index contributed by atoms with van der Waals surface area (Å²) in [7, 11) is -2.58. The summed E-state index contributed by atoms with van der Waals surface area (Å²) in [4.78, 5) is 40.1. The number of halogens is 1. The molecule has 4 rings (SSSR count). The van der Waals surface area contributed by atoms with Crippen molar-refractivity contribution in [3.63, 3.8) is 0 Å². The number of nitrogens with one attached hydrogen (secondary N) is 2. The molecule has 0 bridgehead atoms. The van der Waals surface area contributed by atoms with Crippen molar-refractivity contribution in [1.29, 1.82) is 0 Å². The molecule has 0 fully saturated rings. The number of nitrogens with zero attached hydrogens (tertiary/aromatic N) is 2. The van der Waals surface area contributed by atoms with Crippen molar-refractivity contribution in [3.05, 3.63) is 78.1 Å². The second kappa shape index (κ2) is 17.4. The highest BCUT2D eigenvalue weighted by Gasteiger charge is 2.33. The van der Waals surface area contributed by atoms with Crippen LogP contribution in [-0.4, -0.2) is 79.3 Å². The van der Waals surface area contributed by atoms with Crippen LogP contribution in [0.2, 0.25) is 0 Å². The van der Waals surface area contributed by atoms with Gasteiger partial charge in [0.2, 0.25) is 27.7 Å². The Labute approximate surface area is 292 Å². The van der Waals surface area contributed by atoms with Crippen molar-refractivity contribution in [3.8, 4) is 5.75 Å². The molecule has 0 unspecified atom stereocenters. The van der Waals surface area contributed by atoms with Gasteiger partial charge in [-0.05, 0) is 74.4 Å². The van der Waals surface area contributed by atoms with Gasteiger partial charge in [-0.15, -0.1) is 0 Å². The first-order valence-electron chi connectivity index (χ1n) is 16.6. The Morgan fingerprint density at radius 3 is 2.36 bits per heavy atom. The van der Waals surface area contributed by atoms with Crippen LogP contribution in [0.25, 0.3) is 0 Å². The van der Waals surface area contributed by atoms with Gasteiger partial charge >= 0.3 is 0 Å². The molecule has 0 saturated heterocycles. The topological polar surface area (TPSA) is 171 Å². The van der Waals surface area contributed by atoms with Crippen LogP contribution < -0.4 is 21.1 Å². The van der Waals surface area contributed by atoms with E-state index in [0.717, 1.165) is 16.4 Å².